The number of nitrogens with one attached hydrogen (secondary N) is 1. The van der Waals surface area contributed by atoms with Gasteiger partial charge in [0.2, 0.25) is 0 Å². The van der Waals surface area contributed by atoms with Crippen molar-refractivity contribution in [3.63, 3.8) is 0 Å². The van der Waals surface area contributed by atoms with Gasteiger partial charge in [-0.15, -0.1) is 11.3 Å². The third kappa shape index (κ3) is 4.20. The number of fused-ring (bicyclic) bond motifs is 1. The van der Waals surface area contributed by atoms with Crippen LogP contribution in [0.1, 0.15) is 43.4 Å². The predicted molar refractivity (Wildman–Crippen MR) is 102 cm³/mol. The lowest BCUT2D eigenvalue weighted by molar-refractivity contribution is 0.173. The smallest absolute Gasteiger partial charge is 0.0809 e. The minimum Gasteiger partial charge on any atom is -0.393 e. The third-order valence-electron chi connectivity index (χ3n) is 4.39. The highest BCUT2D eigenvalue weighted by atomic mass is 32.1. The average Bonchev–Trinajstić information content (AvgIpc) is 3.06. The maximum absolute atomic E-state index is 9.82. The van der Waals surface area contributed by atoms with Crippen LogP contribution in [0, 0.1) is 0 Å². The molecular formula is C20H24N2OS. The summed E-state index contributed by atoms with van der Waals surface area (Å²) >= 11 is 1.73. The monoisotopic (exact) mass is 340 g/mol. The molecule has 0 aliphatic carbocycles. The summed E-state index contributed by atoms with van der Waals surface area (Å²) in [7, 11) is 0. The molecule has 126 valence electrons. The fraction of sp³-hybridized carbons (Fsp3) is 0.350. The Balaban J connectivity index is 1.68. The molecule has 3 unspecified atom stereocenters. The minimum atomic E-state index is -0.309. The van der Waals surface area contributed by atoms with Gasteiger partial charge in [0.15, 0.2) is 0 Å². The molecule has 0 saturated carbocycles. The quantitative estimate of drug-likeness (QED) is 0.665. The number of thiophene rings is 1. The molecule has 0 amide bonds. The first-order chi connectivity index (χ1) is 11.6. The van der Waals surface area contributed by atoms with Gasteiger partial charge in [-0.1, -0.05) is 30.3 Å². The summed E-state index contributed by atoms with van der Waals surface area (Å²) < 4.78 is 1.23. The molecule has 3 nitrogen and oxygen atoms in total. The van der Waals surface area contributed by atoms with E-state index in [-0.39, 0.29) is 12.1 Å². The highest BCUT2D eigenvalue weighted by Crippen LogP contribution is 2.24. The van der Waals surface area contributed by atoms with Crippen molar-refractivity contribution in [2.24, 2.45) is 0 Å². The molecule has 0 aliphatic heterocycles. The number of aliphatic hydroxyl groups is 1. The standard InChI is InChI=1S/C20H24N2OS/c1-14(23)10-18(16-6-4-3-5-7-16)13-21-15(2)17-11-20-19(22-12-17)8-9-24-20/h3-9,11-12,14-15,18,21,23H,10,13H2,1-2H3. The van der Waals surface area contributed by atoms with Gasteiger partial charge in [0, 0.05) is 18.8 Å². The summed E-state index contributed by atoms with van der Waals surface area (Å²) in [5, 5.41) is 15.5. The number of hydrogen-bond donors (Lipinski definition) is 2. The van der Waals surface area contributed by atoms with Crippen LogP contribution in [0.4, 0.5) is 0 Å². The van der Waals surface area contributed by atoms with E-state index in [0.717, 1.165) is 18.5 Å². The van der Waals surface area contributed by atoms with Crippen molar-refractivity contribution in [1.82, 2.24) is 10.3 Å². The molecule has 0 spiro atoms. The number of rotatable bonds is 7. The zero-order valence-electron chi connectivity index (χ0n) is 14.1. The van der Waals surface area contributed by atoms with Gasteiger partial charge in [-0.2, -0.15) is 0 Å². The van der Waals surface area contributed by atoms with Crippen molar-refractivity contribution in [2.75, 3.05) is 6.54 Å². The van der Waals surface area contributed by atoms with Gasteiger partial charge in [-0.25, -0.2) is 0 Å². The van der Waals surface area contributed by atoms with E-state index in [9.17, 15) is 5.11 Å². The van der Waals surface area contributed by atoms with E-state index >= 15 is 0 Å². The largest absolute Gasteiger partial charge is 0.393 e. The molecule has 0 saturated heterocycles. The second kappa shape index (κ2) is 7.88. The maximum atomic E-state index is 9.82. The van der Waals surface area contributed by atoms with E-state index in [0.29, 0.717) is 5.92 Å². The van der Waals surface area contributed by atoms with Crippen LogP contribution in [-0.4, -0.2) is 22.7 Å². The first kappa shape index (κ1) is 17.1. The summed E-state index contributed by atoms with van der Waals surface area (Å²) in [4.78, 5) is 4.53. The lowest BCUT2D eigenvalue weighted by Gasteiger charge is -2.22. The number of hydrogen-bond acceptors (Lipinski definition) is 4. The zero-order valence-corrected chi connectivity index (χ0v) is 15.0. The molecule has 3 rings (SSSR count). The maximum Gasteiger partial charge on any atom is 0.0809 e. The van der Waals surface area contributed by atoms with Crippen LogP contribution >= 0.6 is 11.3 Å². The second-order valence-corrected chi connectivity index (χ2v) is 7.34. The highest BCUT2D eigenvalue weighted by Gasteiger charge is 2.16. The zero-order chi connectivity index (χ0) is 16.9. The Labute approximate surface area is 147 Å². The normalized spacial score (nSPS) is 15.3. The van der Waals surface area contributed by atoms with E-state index in [1.807, 2.05) is 19.2 Å². The van der Waals surface area contributed by atoms with Crippen molar-refractivity contribution in [1.29, 1.82) is 0 Å². The summed E-state index contributed by atoms with van der Waals surface area (Å²) in [5.74, 6) is 0.298. The SMILES string of the molecule is CC(O)CC(CNC(C)c1cnc2ccsc2c1)c1ccccc1. The Hall–Kier alpha value is -1.75. The lowest BCUT2D eigenvalue weighted by atomic mass is 9.93. The minimum absolute atomic E-state index is 0.226. The Morgan fingerprint density at radius 2 is 1.92 bits per heavy atom. The van der Waals surface area contributed by atoms with Gasteiger partial charge in [-0.3, -0.25) is 4.98 Å². The summed E-state index contributed by atoms with van der Waals surface area (Å²) in [5.41, 5.74) is 3.53. The van der Waals surface area contributed by atoms with E-state index in [2.05, 4.69) is 59.0 Å². The molecule has 3 atom stereocenters. The topological polar surface area (TPSA) is 45.1 Å². The number of aromatic nitrogens is 1. The van der Waals surface area contributed by atoms with Crippen LogP contribution < -0.4 is 5.32 Å². The molecule has 24 heavy (non-hydrogen) atoms. The Morgan fingerprint density at radius 3 is 2.67 bits per heavy atom. The van der Waals surface area contributed by atoms with Gasteiger partial charge in [0.25, 0.3) is 0 Å². The average molecular weight is 340 g/mol. The summed E-state index contributed by atoms with van der Waals surface area (Å²) in [6.45, 7) is 4.85. The van der Waals surface area contributed by atoms with Gasteiger partial charge in [0.1, 0.15) is 0 Å². The molecular weight excluding hydrogens is 316 g/mol. The van der Waals surface area contributed by atoms with Crippen LogP contribution in [0.25, 0.3) is 10.2 Å². The summed E-state index contributed by atoms with van der Waals surface area (Å²) in [6.07, 6.45) is 2.40. The molecule has 0 aliphatic rings. The molecule has 2 N–H and O–H groups in total. The first-order valence-corrected chi connectivity index (χ1v) is 9.31. The van der Waals surface area contributed by atoms with E-state index in [1.54, 1.807) is 11.3 Å². The molecule has 1 aromatic carbocycles. The fourth-order valence-electron chi connectivity index (χ4n) is 3.01. The van der Waals surface area contributed by atoms with E-state index < -0.39 is 0 Å². The second-order valence-electron chi connectivity index (χ2n) is 6.39. The van der Waals surface area contributed by atoms with Gasteiger partial charge in [0.05, 0.1) is 16.3 Å². The summed E-state index contributed by atoms with van der Waals surface area (Å²) in [6, 6.07) is 14.9. The predicted octanol–water partition coefficient (Wildman–Crippen LogP) is 4.50. The molecule has 0 bridgehead atoms. The number of benzene rings is 1. The van der Waals surface area contributed by atoms with Crippen LogP contribution in [0.5, 0.6) is 0 Å². The molecule has 0 fully saturated rings. The van der Waals surface area contributed by atoms with Crippen LogP contribution in [0.2, 0.25) is 0 Å². The van der Waals surface area contributed by atoms with Crippen molar-refractivity contribution in [3.05, 3.63) is 65.2 Å². The number of pyridine rings is 1. The molecule has 0 radical (unpaired) electrons. The van der Waals surface area contributed by atoms with Crippen LogP contribution in [0.3, 0.4) is 0 Å². The molecule has 2 heterocycles. The van der Waals surface area contributed by atoms with Crippen LogP contribution in [0.15, 0.2) is 54.0 Å². The van der Waals surface area contributed by atoms with Gasteiger partial charge < -0.3 is 10.4 Å². The lowest BCUT2D eigenvalue weighted by Crippen LogP contribution is -2.26. The Morgan fingerprint density at radius 1 is 1.12 bits per heavy atom. The molecule has 3 aromatic rings. The molecule has 2 aromatic heterocycles. The van der Waals surface area contributed by atoms with Crippen molar-refractivity contribution in [2.45, 2.75) is 38.3 Å². The third-order valence-corrected chi connectivity index (χ3v) is 5.24. The van der Waals surface area contributed by atoms with Crippen molar-refractivity contribution in [3.8, 4) is 0 Å². The van der Waals surface area contributed by atoms with E-state index in [1.165, 1.54) is 15.8 Å². The Bertz CT molecular complexity index is 769. The number of nitrogens with zero attached hydrogens (tertiary/aromatic N) is 1. The van der Waals surface area contributed by atoms with E-state index in [4.69, 9.17) is 0 Å². The first-order valence-electron chi connectivity index (χ1n) is 8.43. The Kier molecular flexibility index (Phi) is 5.61. The van der Waals surface area contributed by atoms with Crippen LogP contribution in [-0.2, 0) is 0 Å². The fourth-order valence-corrected chi connectivity index (χ4v) is 3.80. The van der Waals surface area contributed by atoms with Crippen molar-refractivity contribution >= 4 is 21.6 Å². The van der Waals surface area contributed by atoms with Gasteiger partial charge >= 0.3 is 0 Å². The van der Waals surface area contributed by atoms with Gasteiger partial charge in [-0.05, 0) is 54.8 Å². The number of aliphatic hydroxyl groups excluding tert-OH is 1. The molecule has 4 heteroatoms. The highest BCUT2D eigenvalue weighted by molar-refractivity contribution is 7.17. The van der Waals surface area contributed by atoms with Crippen molar-refractivity contribution < 1.29 is 5.11 Å².